The Balaban J connectivity index is 1.87. The average Bonchev–Trinajstić information content (AvgIpc) is 2.90. The van der Waals surface area contributed by atoms with Crippen LogP contribution in [-0.4, -0.2) is 35.1 Å². The molecule has 2 aromatic heterocycles. The molecule has 4 nitrogen and oxygen atoms in total. The van der Waals surface area contributed by atoms with Crippen LogP contribution in [0.4, 0.5) is 14.6 Å². The summed E-state index contributed by atoms with van der Waals surface area (Å²) in [6.07, 6.45) is 2.47. The highest BCUT2D eigenvalue weighted by molar-refractivity contribution is 7.20. The summed E-state index contributed by atoms with van der Waals surface area (Å²) in [5, 5.41) is 9.89. The molecule has 1 aliphatic heterocycles. The molecule has 3 heterocycles. The molecule has 0 amide bonds. The Labute approximate surface area is 130 Å². The fourth-order valence-corrected chi connectivity index (χ4v) is 3.79. The number of hydrogen-bond acceptors (Lipinski definition) is 4. The van der Waals surface area contributed by atoms with Gasteiger partial charge >= 0.3 is 5.97 Å². The van der Waals surface area contributed by atoms with Gasteiger partial charge in [-0.1, -0.05) is 0 Å². The van der Waals surface area contributed by atoms with Gasteiger partial charge in [0.25, 0.3) is 0 Å². The molecule has 1 saturated heterocycles. The number of anilines is 1. The second kappa shape index (κ2) is 5.46. The van der Waals surface area contributed by atoms with Crippen molar-refractivity contribution in [1.82, 2.24) is 4.98 Å². The Morgan fingerprint density at radius 2 is 2.14 bits per heavy atom. The third kappa shape index (κ3) is 2.77. The van der Waals surface area contributed by atoms with Gasteiger partial charge in [0.05, 0.1) is 0 Å². The number of thiophene rings is 1. The van der Waals surface area contributed by atoms with Gasteiger partial charge in [-0.25, -0.2) is 18.6 Å². The second-order valence-corrected chi connectivity index (χ2v) is 6.76. The summed E-state index contributed by atoms with van der Waals surface area (Å²) < 4.78 is 27.6. The number of rotatable bonds is 3. The molecule has 0 radical (unpaired) electrons. The topological polar surface area (TPSA) is 53.4 Å². The predicted octanol–water partition coefficient (Wildman–Crippen LogP) is 3.87. The van der Waals surface area contributed by atoms with E-state index in [2.05, 4.69) is 4.98 Å². The Bertz CT molecular complexity index is 703. The molecule has 118 valence electrons. The lowest BCUT2D eigenvalue weighted by atomic mass is 9.91. The van der Waals surface area contributed by atoms with Crippen molar-refractivity contribution in [2.45, 2.75) is 25.7 Å². The first-order chi connectivity index (χ1) is 10.4. The summed E-state index contributed by atoms with van der Waals surface area (Å²) in [5.41, 5.74) is 0. The number of halogens is 2. The fraction of sp³-hybridized carbons (Fsp3) is 0.467. The molecule has 0 atom stereocenters. The van der Waals surface area contributed by atoms with E-state index in [0.29, 0.717) is 31.7 Å². The summed E-state index contributed by atoms with van der Waals surface area (Å²) in [6.45, 7) is 2.00. The fourth-order valence-electron chi connectivity index (χ4n) is 2.90. The first-order valence-corrected chi connectivity index (χ1v) is 7.92. The van der Waals surface area contributed by atoms with Gasteiger partial charge in [0.2, 0.25) is 5.92 Å². The minimum Gasteiger partial charge on any atom is -0.477 e. The van der Waals surface area contributed by atoms with E-state index in [1.165, 1.54) is 11.3 Å². The van der Waals surface area contributed by atoms with Crippen LogP contribution in [0.1, 0.15) is 29.4 Å². The van der Waals surface area contributed by atoms with Crippen molar-refractivity contribution in [2.75, 3.05) is 18.0 Å². The van der Waals surface area contributed by atoms with Crippen molar-refractivity contribution in [1.29, 1.82) is 0 Å². The van der Waals surface area contributed by atoms with E-state index < -0.39 is 17.8 Å². The predicted molar refractivity (Wildman–Crippen MR) is 82.1 cm³/mol. The molecule has 0 unspecified atom stereocenters. The van der Waals surface area contributed by atoms with Crippen LogP contribution in [0.25, 0.3) is 10.1 Å². The van der Waals surface area contributed by atoms with Gasteiger partial charge in [-0.05, 0) is 31.9 Å². The minimum absolute atomic E-state index is 0.263. The van der Waals surface area contributed by atoms with Crippen molar-refractivity contribution >= 4 is 33.2 Å². The van der Waals surface area contributed by atoms with Crippen LogP contribution in [0.15, 0.2) is 18.3 Å². The standard InChI is InChI=1S/C15H16F2N2O2S/c1-15(16,17)9-3-6-19(7-4-9)13-10-8-12(14(20)21)22-11(10)2-5-18-13/h2,5,8-9H,3-4,6-7H2,1H3,(H,20,21). The van der Waals surface area contributed by atoms with Gasteiger partial charge in [0.1, 0.15) is 10.7 Å². The molecule has 0 spiro atoms. The number of carboxylic acid groups (broad SMARTS) is 1. The van der Waals surface area contributed by atoms with Crippen molar-refractivity contribution in [3.8, 4) is 0 Å². The van der Waals surface area contributed by atoms with Gasteiger partial charge in [0, 0.05) is 35.3 Å². The third-order valence-corrected chi connectivity index (χ3v) is 5.23. The second-order valence-electron chi connectivity index (χ2n) is 5.68. The van der Waals surface area contributed by atoms with Crippen molar-refractivity contribution in [3.05, 3.63) is 23.2 Å². The monoisotopic (exact) mass is 326 g/mol. The smallest absolute Gasteiger partial charge is 0.345 e. The van der Waals surface area contributed by atoms with E-state index in [-0.39, 0.29) is 4.88 Å². The highest BCUT2D eigenvalue weighted by atomic mass is 32.1. The highest BCUT2D eigenvalue weighted by Crippen LogP contribution is 2.37. The lowest BCUT2D eigenvalue weighted by Crippen LogP contribution is -2.39. The molecule has 1 aliphatic rings. The largest absolute Gasteiger partial charge is 0.477 e. The van der Waals surface area contributed by atoms with Crippen LogP contribution in [0.3, 0.4) is 0 Å². The van der Waals surface area contributed by atoms with Crippen molar-refractivity contribution in [3.63, 3.8) is 0 Å². The normalized spacial score (nSPS) is 17.1. The average molecular weight is 326 g/mol. The Morgan fingerprint density at radius 1 is 1.45 bits per heavy atom. The van der Waals surface area contributed by atoms with Crippen LogP contribution < -0.4 is 4.90 Å². The summed E-state index contributed by atoms with van der Waals surface area (Å²) in [4.78, 5) is 17.7. The zero-order valence-electron chi connectivity index (χ0n) is 12.1. The number of fused-ring (bicyclic) bond motifs is 1. The molecule has 22 heavy (non-hydrogen) atoms. The van der Waals surface area contributed by atoms with E-state index in [9.17, 15) is 13.6 Å². The Morgan fingerprint density at radius 3 is 2.73 bits per heavy atom. The van der Waals surface area contributed by atoms with Crippen LogP contribution >= 0.6 is 11.3 Å². The van der Waals surface area contributed by atoms with Crippen LogP contribution in [0, 0.1) is 5.92 Å². The lowest BCUT2D eigenvalue weighted by molar-refractivity contribution is -0.0482. The van der Waals surface area contributed by atoms with Crippen LogP contribution in [-0.2, 0) is 0 Å². The summed E-state index contributed by atoms with van der Waals surface area (Å²) in [6, 6.07) is 3.40. The van der Waals surface area contributed by atoms with E-state index in [1.807, 2.05) is 4.90 Å². The number of alkyl halides is 2. The number of aromatic carboxylic acids is 1. The minimum atomic E-state index is -2.65. The van der Waals surface area contributed by atoms with E-state index in [0.717, 1.165) is 17.0 Å². The maximum Gasteiger partial charge on any atom is 0.345 e. The maximum atomic E-state index is 13.4. The highest BCUT2D eigenvalue weighted by Gasteiger charge is 2.36. The molecule has 7 heteroatoms. The molecule has 1 N–H and O–H groups in total. The number of carboxylic acids is 1. The quantitative estimate of drug-likeness (QED) is 0.930. The molecule has 0 saturated carbocycles. The van der Waals surface area contributed by atoms with Crippen LogP contribution in [0.2, 0.25) is 0 Å². The first-order valence-electron chi connectivity index (χ1n) is 7.11. The summed E-state index contributed by atoms with van der Waals surface area (Å²) >= 11 is 1.20. The van der Waals surface area contributed by atoms with Gasteiger partial charge in [0.15, 0.2) is 0 Å². The van der Waals surface area contributed by atoms with E-state index in [4.69, 9.17) is 5.11 Å². The number of carbonyl (C=O) groups is 1. The van der Waals surface area contributed by atoms with Crippen molar-refractivity contribution < 1.29 is 18.7 Å². The zero-order valence-corrected chi connectivity index (χ0v) is 12.9. The maximum absolute atomic E-state index is 13.4. The summed E-state index contributed by atoms with van der Waals surface area (Å²) in [7, 11) is 0. The molecular weight excluding hydrogens is 310 g/mol. The number of aromatic nitrogens is 1. The number of hydrogen-bond donors (Lipinski definition) is 1. The molecule has 1 fully saturated rings. The molecular formula is C15H16F2N2O2S. The van der Waals surface area contributed by atoms with Crippen molar-refractivity contribution in [2.24, 2.45) is 5.92 Å². The Hall–Kier alpha value is -1.76. The number of piperidine rings is 1. The van der Waals surface area contributed by atoms with Crippen LogP contribution in [0.5, 0.6) is 0 Å². The molecule has 3 rings (SSSR count). The number of nitrogens with zero attached hydrogens (tertiary/aromatic N) is 2. The van der Waals surface area contributed by atoms with Gasteiger partial charge in [-0.2, -0.15) is 0 Å². The molecule has 2 aromatic rings. The van der Waals surface area contributed by atoms with Gasteiger partial charge in [-0.3, -0.25) is 0 Å². The SMILES string of the molecule is CC(F)(F)C1CCN(c2nccc3sc(C(=O)O)cc23)CC1. The molecule has 0 aliphatic carbocycles. The third-order valence-electron chi connectivity index (χ3n) is 4.15. The zero-order chi connectivity index (χ0) is 15.9. The molecule has 0 bridgehead atoms. The lowest BCUT2D eigenvalue weighted by Gasteiger charge is -2.35. The number of pyridine rings is 1. The van der Waals surface area contributed by atoms with E-state index >= 15 is 0 Å². The van der Waals surface area contributed by atoms with Gasteiger partial charge < -0.3 is 10.0 Å². The first kappa shape index (κ1) is 15.1. The molecule has 0 aromatic carbocycles. The van der Waals surface area contributed by atoms with Gasteiger partial charge in [-0.15, -0.1) is 11.3 Å². The summed E-state index contributed by atoms with van der Waals surface area (Å²) in [5.74, 6) is -3.51. The van der Waals surface area contributed by atoms with E-state index in [1.54, 1.807) is 18.3 Å². The Kier molecular flexibility index (Phi) is 3.76.